The second-order valence-electron chi connectivity index (χ2n) is 4.47. The number of nitrogens with zero attached hydrogens (tertiary/aromatic N) is 2. The number of hydrogen-bond donors (Lipinski definition) is 1. The van der Waals surface area contributed by atoms with E-state index >= 15 is 0 Å². The summed E-state index contributed by atoms with van der Waals surface area (Å²) in [4.78, 5) is 7.27. The minimum Gasteiger partial charge on any atom is -0.345 e. The van der Waals surface area contributed by atoms with Crippen LogP contribution in [0.1, 0.15) is 24.8 Å². The van der Waals surface area contributed by atoms with Gasteiger partial charge >= 0.3 is 0 Å². The van der Waals surface area contributed by atoms with Gasteiger partial charge in [-0.3, -0.25) is 0 Å². The Balaban J connectivity index is 2.04. The molecule has 1 aliphatic rings. The lowest BCUT2D eigenvalue weighted by Gasteiger charge is -2.01. The van der Waals surface area contributed by atoms with Crippen LogP contribution < -0.4 is 0 Å². The maximum Gasteiger partial charge on any atom is 0.0931 e. The molecule has 3 heteroatoms. The predicted octanol–water partition coefficient (Wildman–Crippen LogP) is 2.58. The van der Waals surface area contributed by atoms with Gasteiger partial charge in [0.15, 0.2) is 0 Å². The highest BCUT2D eigenvalue weighted by Crippen LogP contribution is 2.58. The third-order valence-corrected chi connectivity index (χ3v) is 3.34. The summed E-state index contributed by atoms with van der Waals surface area (Å²) in [5.74, 6) is 0.398. The number of rotatable bonds is 1. The number of fused-ring (bicyclic) bond motifs is 1. The highest BCUT2D eigenvalue weighted by Gasteiger charge is 2.51. The third-order valence-electron chi connectivity index (χ3n) is 3.34. The largest absolute Gasteiger partial charge is 0.345 e. The molecule has 0 amide bonds. The first kappa shape index (κ1) is 8.49. The Morgan fingerprint density at radius 1 is 1.60 bits per heavy atom. The van der Waals surface area contributed by atoms with Gasteiger partial charge in [0.2, 0.25) is 0 Å². The normalized spacial score (nSPS) is 28.9. The molecule has 0 aliphatic heterocycles. The average Bonchev–Trinajstić information content (AvgIpc) is 2.75. The summed E-state index contributed by atoms with van der Waals surface area (Å²) in [5.41, 5.74) is 3.14. The Hall–Kier alpha value is -1.82. The summed E-state index contributed by atoms with van der Waals surface area (Å²) in [7, 11) is 0. The quantitative estimate of drug-likeness (QED) is 0.763. The second kappa shape index (κ2) is 2.60. The van der Waals surface area contributed by atoms with Crippen molar-refractivity contribution in [2.75, 3.05) is 0 Å². The third kappa shape index (κ3) is 1.15. The van der Waals surface area contributed by atoms with Crippen molar-refractivity contribution in [3.63, 3.8) is 0 Å². The molecule has 1 heterocycles. The van der Waals surface area contributed by atoms with Gasteiger partial charge in [-0.2, -0.15) is 5.26 Å². The molecule has 0 radical (unpaired) electrons. The van der Waals surface area contributed by atoms with E-state index in [0.717, 1.165) is 17.5 Å². The number of benzene rings is 1. The van der Waals surface area contributed by atoms with E-state index in [0.29, 0.717) is 5.92 Å². The molecule has 2 atom stereocenters. The van der Waals surface area contributed by atoms with Gasteiger partial charge in [-0.1, -0.05) is 6.07 Å². The maximum atomic E-state index is 9.00. The summed E-state index contributed by atoms with van der Waals surface area (Å²) in [6, 6.07) is 8.58. The zero-order chi connectivity index (χ0) is 10.5. The molecule has 0 saturated heterocycles. The predicted molar refractivity (Wildman–Crippen MR) is 57.2 cm³/mol. The number of aromatic nitrogens is 2. The first-order valence-electron chi connectivity index (χ1n) is 5.07. The van der Waals surface area contributed by atoms with Crippen LogP contribution in [-0.4, -0.2) is 9.97 Å². The van der Waals surface area contributed by atoms with Gasteiger partial charge in [-0.25, -0.2) is 4.98 Å². The number of nitriles is 1. The number of H-pyrrole nitrogens is 1. The molecule has 1 saturated carbocycles. The molecule has 1 N–H and O–H groups in total. The van der Waals surface area contributed by atoms with Crippen molar-refractivity contribution in [3.05, 3.63) is 30.1 Å². The minimum absolute atomic E-state index is 0.145. The number of aromatic amines is 1. The molecule has 74 valence electrons. The Labute approximate surface area is 87.8 Å². The van der Waals surface area contributed by atoms with Crippen molar-refractivity contribution in [2.45, 2.75) is 19.3 Å². The second-order valence-corrected chi connectivity index (χ2v) is 4.47. The molecule has 0 bridgehead atoms. The first-order chi connectivity index (χ1) is 7.23. The number of nitrogens with one attached hydrogen (secondary N) is 1. The standard InChI is InChI=1S/C12H11N3/c1-12(6-13)5-9(12)8-2-3-10-11(4-8)15-7-14-10/h2-4,7,9H,5H2,1H3,(H,14,15). The van der Waals surface area contributed by atoms with Gasteiger partial charge < -0.3 is 4.98 Å². The first-order valence-corrected chi connectivity index (χ1v) is 5.07. The smallest absolute Gasteiger partial charge is 0.0931 e. The molecule has 2 aromatic rings. The molecule has 2 unspecified atom stereocenters. The molecule has 1 fully saturated rings. The van der Waals surface area contributed by atoms with Crippen LogP contribution in [0.2, 0.25) is 0 Å². The molecule has 3 rings (SSSR count). The van der Waals surface area contributed by atoms with Crippen LogP contribution in [0.15, 0.2) is 24.5 Å². The molecule has 15 heavy (non-hydrogen) atoms. The van der Waals surface area contributed by atoms with Crippen LogP contribution in [0, 0.1) is 16.7 Å². The van der Waals surface area contributed by atoms with E-state index in [2.05, 4.69) is 28.2 Å². The van der Waals surface area contributed by atoms with Crippen LogP contribution in [0.25, 0.3) is 11.0 Å². The Kier molecular flexibility index (Phi) is 1.47. The van der Waals surface area contributed by atoms with Crippen molar-refractivity contribution < 1.29 is 0 Å². The summed E-state index contributed by atoms with van der Waals surface area (Å²) in [6.45, 7) is 2.02. The molecule has 1 aromatic heterocycles. The van der Waals surface area contributed by atoms with Crippen molar-refractivity contribution >= 4 is 11.0 Å². The lowest BCUT2D eigenvalue weighted by Crippen LogP contribution is -1.92. The molecular weight excluding hydrogens is 186 g/mol. The zero-order valence-corrected chi connectivity index (χ0v) is 8.49. The van der Waals surface area contributed by atoms with Gasteiger partial charge in [-0.15, -0.1) is 0 Å². The highest BCUT2D eigenvalue weighted by atomic mass is 14.9. The van der Waals surface area contributed by atoms with Crippen molar-refractivity contribution in [1.29, 1.82) is 5.26 Å². The molecule has 0 spiro atoms. The van der Waals surface area contributed by atoms with E-state index in [1.807, 2.05) is 13.0 Å². The van der Waals surface area contributed by atoms with Crippen LogP contribution in [0.4, 0.5) is 0 Å². The summed E-state index contributed by atoms with van der Waals surface area (Å²) in [6.07, 6.45) is 2.67. The van der Waals surface area contributed by atoms with E-state index < -0.39 is 0 Å². The van der Waals surface area contributed by atoms with Gasteiger partial charge in [0.25, 0.3) is 0 Å². The summed E-state index contributed by atoms with van der Waals surface area (Å²) in [5, 5.41) is 9.00. The van der Waals surface area contributed by atoms with Crippen LogP contribution >= 0.6 is 0 Å². The lowest BCUT2D eigenvalue weighted by atomic mass is 10.0. The molecule has 3 nitrogen and oxygen atoms in total. The average molecular weight is 197 g/mol. The lowest BCUT2D eigenvalue weighted by molar-refractivity contribution is 0.727. The van der Waals surface area contributed by atoms with Crippen molar-refractivity contribution in [3.8, 4) is 6.07 Å². The van der Waals surface area contributed by atoms with Crippen molar-refractivity contribution in [1.82, 2.24) is 9.97 Å². The van der Waals surface area contributed by atoms with Crippen LogP contribution in [0.5, 0.6) is 0 Å². The summed E-state index contributed by atoms with van der Waals surface area (Å²) < 4.78 is 0. The maximum absolute atomic E-state index is 9.00. The minimum atomic E-state index is -0.145. The Bertz CT molecular complexity index is 563. The van der Waals surface area contributed by atoms with E-state index in [-0.39, 0.29) is 5.41 Å². The summed E-state index contributed by atoms with van der Waals surface area (Å²) >= 11 is 0. The Morgan fingerprint density at radius 2 is 2.47 bits per heavy atom. The monoisotopic (exact) mass is 197 g/mol. The van der Waals surface area contributed by atoms with Gasteiger partial charge in [0.05, 0.1) is 28.8 Å². The highest BCUT2D eigenvalue weighted by molar-refractivity contribution is 5.75. The molecular formula is C12H11N3. The SMILES string of the molecule is CC1(C#N)CC1c1ccc2nc[nH]c2c1. The van der Waals surface area contributed by atoms with E-state index in [1.165, 1.54) is 5.56 Å². The molecule has 1 aliphatic carbocycles. The Morgan fingerprint density at radius 3 is 3.20 bits per heavy atom. The fourth-order valence-corrected chi connectivity index (χ4v) is 2.14. The van der Waals surface area contributed by atoms with E-state index in [1.54, 1.807) is 6.33 Å². The number of hydrogen-bond acceptors (Lipinski definition) is 2. The zero-order valence-electron chi connectivity index (χ0n) is 8.49. The van der Waals surface area contributed by atoms with E-state index in [9.17, 15) is 0 Å². The van der Waals surface area contributed by atoms with Crippen LogP contribution in [0.3, 0.4) is 0 Å². The van der Waals surface area contributed by atoms with Gasteiger partial charge in [0.1, 0.15) is 0 Å². The fraction of sp³-hybridized carbons (Fsp3) is 0.333. The van der Waals surface area contributed by atoms with Crippen molar-refractivity contribution in [2.24, 2.45) is 5.41 Å². The van der Waals surface area contributed by atoms with Gasteiger partial charge in [-0.05, 0) is 31.0 Å². The van der Waals surface area contributed by atoms with Gasteiger partial charge in [0, 0.05) is 5.92 Å². The molecule has 1 aromatic carbocycles. The van der Waals surface area contributed by atoms with E-state index in [4.69, 9.17) is 5.26 Å². The fourth-order valence-electron chi connectivity index (χ4n) is 2.14. The number of imidazole rings is 1. The topological polar surface area (TPSA) is 52.5 Å². The van der Waals surface area contributed by atoms with Crippen LogP contribution in [-0.2, 0) is 0 Å².